The lowest BCUT2D eigenvalue weighted by molar-refractivity contribution is -0.124. The highest BCUT2D eigenvalue weighted by molar-refractivity contribution is 5.94. The average molecular weight is 315 g/mol. The number of carbonyl (C=O) groups is 2. The van der Waals surface area contributed by atoms with Gasteiger partial charge in [0.25, 0.3) is 5.91 Å². The van der Waals surface area contributed by atoms with E-state index in [1.54, 1.807) is 24.3 Å². The van der Waals surface area contributed by atoms with Crippen LogP contribution in [-0.4, -0.2) is 24.3 Å². The fraction of sp³-hybridized carbons (Fsp3) is 0.579. The minimum Gasteiger partial charge on any atom is -0.484 e. The van der Waals surface area contributed by atoms with Gasteiger partial charge in [-0.3, -0.25) is 9.59 Å². The van der Waals surface area contributed by atoms with Gasteiger partial charge in [0.2, 0.25) is 0 Å². The van der Waals surface area contributed by atoms with Gasteiger partial charge >= 0.3 is 0 Å². The second-order valence-corrected chi connectivity index (χ2v) is 7.07. The van der Waals surface area contributed by atoms with Crippen molar-refractivity contribution in [2.45, 2.75) is 45.6 Å². The number of Topliss-reactive ketones (excluding diaryl/α,β-unsaturated/α-hetero) is 1. The molecule has 0 unspecified atom stereocenters. The van der Waals surface area contributed by atoms with Gasteiger partial charge < -0.3 is 10.1 Å². The standard InChI is InChI=1S/C19H25NO3/c1-12(18-9-14-6-7-16(18)8-14)20-19(22)11-23-17-5-3-4-15(10-17)13(2)21/h3-5,10,12,14,16,18H,6-9,11H2,1-2H3,(H,20,22)/t12-,14+,16+,18+/m1/s1. The number of amides is 1. The molecule has 1 aromatic rings. The second kappa shape index (κ2) is 6.73. The van der Waals surface area contributed by atoms with Crippen molar-refractivity contribution in [1.29, 1.82) is 0 Å². The van der Waals surface area contributed by atoms with Crippen LogP contribution in [0.3, 0.4) is 0 Å². The Kier molecular flexibility index (Phi) is 4.69. The van der Waals surface area contributed by atoms with Crippen LogP contribution in [0.5, 0.6) is 5.75 Å². The van der Waals surface area contributed by atoms with Crippen LogP contribution in [0.15, 0.2) is 24.3 Å². The Labute approximate surface area is 137 Å². The SMILES string of the molecule is CC(=O)c1cccc(OCC(=O)N[C@H](C)[C@@H]2C[C@H]3CC[C@H]2C3)c1. The molecule has 0 aromatic heterocycles. The van der Waals surface area contributed by atoms with Crippen molar-refractivity contribution in [3.05, 3.63) is 29.8 Å². The zero-order chi connectivity index (χ0) is 16.4. The number of hydrogen-bond acceptors (Lipinski definition) is 3. The largest absolute Gasteiger partial charge is 0.484 e. The molecule has 1 N–H and O–H groups in total. The molecule has 0 heterocycles. The van der Waals surface area contributed by atoms with Gasteiger partial charge in [-0.05, 0) is 63.0 Å². The lowest BCUT2D eigenvalue weighted by Gasteiger charge is -2.28. The fourth-order valence-electron chi connectivity index (χ4n) is 4.26. The molecule has 2 aliphatic carbocycles. The van der Waals surface area contributed by atoms with Gasteiger partial charge in [-0.15, -0.1) is 0 Å². The molecule has 2 saturated carbocycles. The molecule has 2 bridgehead atoms. The zero-order valence-electron chi connectivity index (χ0n) is 13.9. The third-order valence-electron chi connectivity index (χ3n) is 5.43. The molecular formula is C19H25NO3. The Balaban J connectivity index is 1.48. The molecule has 4 nitrogen and oxygen atoms in total. The molecule has 1 amide bonds. The maximum absolute atomic E-state index is 12.1. The van der Waals surface area contributed by atoms with Crippen LogP contribution in [0.1, 0.15) is 49.9 Å². The predicted molar refractivity (Wildman–Crippen MR) is 88.5 cm³/mol. The molecule has 23 heavy (non-hydrogen) atoms. The lowest BCUT2D eigenvalue weighted by Crippen LogP contribution is -2.42. The summed E-state index contributed by atoms with van der Waals surface area (Å²) in [7, 11) is 0. The first-order valence-electron chi connectivity index (χ1n) is 8.56. The summed E-state index contributed by atoms with van der Waals surface area (Å²) < 4.78 is 5.52. The number of ketones is 1. The molecule has 2 aliphatic rings. The van der Waals surface area contributed by atoms with Crippen molar-refractivity contribution >= 4 is 11.7 Å². The van der Waals surface area contributed by atoms with Gasteiger partial charge in [0.05, 0.1) is 0 Å². The Bertz CT molecular complexity index is 598. The normalized spacial score (nSPS) is 26.8. The van der Waals surface area contributed by atoms with Crippen LogP contribution in [0.4, 0.5) is 0 Å². The molecule has 4 atom stereocenters. The maximum Gasteiger partial charge on any atom is 0.258 e. The lowest BCUT2D eigenvalue weighted by atomic mass is 9.84. The molecule has 124 valence electrons. The minimum atomic E-state index is -0.0894. The second-order valence-electron chi connectivity index (χ2n) is 7.07. The summed E-state index contributed by atoms with van der Waals surface area (Å²) in [6, 6.07) is 7.16. The van der Waals surface area contributed by atoms with Crippen LogP contribution < -0.4 is 10.1 Å². The number of rotatable bonds is 6. The van der Waals surface area contributed by atoms with Crippen LogP contribution >= 0.6 is 0 Å². The molecule has 0 aliphatic heterocycles. The smallest absolute Gasteiger partial charge is 0.258 e. The van der Waals surface area contributed by atoms with E-state index in [4.69, 9.17) is 4.74 Å². The molecule has 2 fully saturated rings. The highest BCUT2D eigenvalue weighted by Gasteiger charge is 2.42. The molecule has 0 radical (unpaired) electrons. The first-order valence-corrected chi connectivity index (χ1v) is 8.56. The van der Waals surface area contributed by atoms with Gasteiger partial charge in [0, 0.05) is 11.6 Å². The summed E-state index contributed by atoms with van der Waals surface area (Å²) in [5.41, 5.74) is 0.596. The van der Waals surface area contributed by atoms with Gasteiger partial charge in [0.15, 0.2) is 12.4 Å². The van der Waals surface area contributed by atoms with E-state index in [0.29, 0.717) is 17.2 Å². The molecule has 1 aromatic carbocycles. The van der Waals surface area contributed by atoms with Crippen LogP contribution in [0.2, 0.25) is 0 Å². The number of benzene rings is 1. The van der Waals surface area contributed by atoms with Crippen molar-refractivity contribution in [1.82, 2.24) is 5.32 Å². The summed E-state index contributed by atoms with van der Waals surface area (Å²) in [5.74, 6) is 2.76. The van der Waals surface area contributed by atoms with Crippen molar-refractivity contribution < 1.29 is 14.3 Å². The van der Waals surface area contributed by atoms with E-state index in [1.807, 2.05) is 0 Å². The number of carbonyl (C=O) groups excluding carboxylic acids is 2. The van der Waals surface area contributed by atoms with Gasteiger partial charge in [-0.2, -0.15) is 0 Å². The molecular weight excluding hydrogens is 290 g/mol. The van der Waals surface area contributed by atoms with E-state index < -0.39 is 0 Å². The molecule has 4 heteroatoms. The van der Waals surface area contributed by atoms with Crippen LogP contribution in [0.25, 0.3) is 0 Å². The Morgan fingerprint density at radius 3 is 2.78 bits per heavy atom. The Hall–Kier alpha value is -1.84. The number of ether oxygens (including phenoxy) is 1. The Morgan fingerprint density at radius 2 is 2.13 bits per heavy atom. The highest BCUT2D eigenvalue weighted by atomic mass is 16.5. The first kappa shape index (κ1) is 16.0. The van der Waals surface area contributed by atoms with Crippen molar-refractivity contribution in [2.75, 3.05) is 6.61 Å². The van der Waals surface area contributed by atoms with Crippen molar-refractivity contribution in [2.24, 2.45) is 17.8 Å². The summed E-state index contributed by atoms with van der Waals surface area (Å²) in [4.78, 5) is 23.5. The van der Waals surface area contributed by atoms with Crippen LogP contribution in [-0.2, 0) is 4.79 Å². The van der Waals surface area contributed by atoms with E-state index in [9.17, 15) is 9.59 Å². The topological polar surface area (TPSA) is 55.4 Å². The average Bonchev–Trinajstić information content (AvgIpc) is 3.16. The summed E-state index contributed by atoms with van der Waals surface area (Å²) in [6.07, 6.45) is 5.30. The van der Waals surface area contributed by atoms with E-state index in [-0.39, 0.29) is 24.3 Å². The van der Waals surface area contributed by atoms with Crippen molar-refractivity contribution in [3.63, 3.8) is 0 Å². The van der Waals surface area contributed by atoms with Gasteiger partial charge in [0.1, 0.15) is 5.75 Å². The monoisotopic (exact) mass is 315 g/mol. The highest BCUT2D eigenvalue weighted by Crippen LogP contribution is 2.49. The van der Waals surface area contributed by atoms with E-state index in [2.05, 4.69) is 12.2 Å². The van der Waals surface area contributed by atoms with Crippen molar-refractivity contribution in [3.8, 4) is 5.75 Å². The minimum absolute atomic E-state index is 0.00743. The summed E-state index contributed by atoms with van der Waals surface area (Å²) >= 11 is 0. The maximum atomic E-state index is 12.1. The molecule has 0 spiro atoms. The third kappa shape index (κ3) is 3.74. The Morgan fingerprint density at radius 1 is 1.30 bits per heavy atom. The fourth-order valence-corrected chi connectivity index (χ4v) is 4.26. The van der Waals surface area contributed by atoms with E-state index >= 15 is 0 Å². The molecule has 0 saturated heterocycles. The van der Waals surface area contributed by atoms with E-state index in [0.717, 1.165) is 11.8 Å². The molecule has 3 rings (SSSR count). The quantitative estimate of drug-likeness (QED) is 0.820. The number of nitrogens with one attached hydrogen (secondary N) is 1. The zero-order valence-corrected chi connectivity index (χ0v) is 13.9. The summed E-state index contributed by atoms with van der Waals surface area (Å²) in [6.45, 7) is 3.62. The number of hydrogen-bond donors (Lipinski definition) is 1. The van der Waals surface area contributed by atoms with Gasteiger partial charge in [-0.1, -0.05) is 18.6 Å². The predicted octanol–water partition coefficient (Wildman–Crippen LogP) is 3.21. The van der Waals surface area contributed by atoms with Crippen LogP contribution in [0, 0.1) is 17.8 Å². The first-order chi connectivity index (χ1) is 11.0. The third-order valence-corrected chi connectivity index (χ3v) is 5.43. The summed E-state index contributed by atoms with van der Waals surface area (Å²) in [5, 5.41) is 3.08. The van der Waals surface area contributed by atoms with E-state index in [1.165, 1.54) is 32.6 Å². The van der Waals surface area contributed by atoms with Gasteiger partial charge in [-0.25, -0.2) is 0 Å². The number of fused-ring (bicyclic) bond motifs is 2.